The lowest BCUT2D eigenvalue weighted by atomic mass is 9.96. The van der Waals surface area contributed by atoms with Crippen LogP contribution in [0.2, 0.25) is 0 Å². The number of nitrogens with zero attached hydrogens (tertiary/aromatic N) is 3. The first-order valence-corrected chi connectivity index (χ1v) is 13.5. The molecule has 1 aliphatic heterocycles. The second kappa shape index (κ2) is 11.2. The molecule has 5 rings (SSSR count). The third kappa shape index (κ3) is 5.73. The van der Waals surface area contributed by atoms with Gasteiger partial charge >= 0.3 is 5.97 Å². The zero-order valence-corrected chi connectivity index (χ0v) is 22.8. The van der Waals surface area contributed by atoms with E-state index in [4.69, 9.17) is 14.6 Å². The molecule has 1 atom stereocenters. The van der Waals surface area contributed by atoms with Gasteiger partial charge in [-0.05, 0) is 47.9 Å². The van der Waals surface area contributed by atoms with Crippen LogP contribution in [0, 0.1) is 0 Å². The molecule has 0 fully saturated rings. The number of carbonyl (C=O) groups is 1. The van der Waals surface area contributed by atoms with Gasteiger partial charge in [0.05, 0.1) is 12.7 Å². The smallest absolute Gasteiger partial charge is 0.338 e. The zero-order chi connectivity index (χ0) is 25.8. The van der Waals surface area contributed by atoms with E-state index >= 15 is 0 Å². The lowest BCUT2D eigenvalue weighted by molar-refractivity contribution is -0.136. The molecule has 0 aliphatic carbocycles. The molecule has 1 aromatic heterocycles. The standard InChI is InChI=1S/C28H25BrN4O3S/c1-18-24(26(34)35-2)25(21-11-13-23(14-12-21)36-16-20-9-6-10-22(29)15-20)33-27(30-18)31-28(32-33)37-17-19-7-4-3-5-8-19/h3-15,25H,16-17H2,1-2H3,(H,30,31,32). The van der Waals surface area contributed by atoms with E-state index in [1.54, 1.807) is 16.4 Å². The highest BCUT2D eigenvalue weighted by atomic mass is 79.9. The SMILES string of the molecule is COC(=O)C1=C(C)Nc2nc(SCc3ccccc3)nn2C1c1ccc(OCc2cccc(Br)c2)cc1. The fourth-order valence-electron chi connectivity index (χ4n) is 4.14. The molecule has 1 aliphatic rings. The number of ether oxygens (including phenoxy) is 2. The molecule has 3 aromatic carbocycles. The van der Waals surface area contributed by atoms with Crippen molar-refractivity contribution in [2.24, 2.45) is 0 Å². The first kappa shape index (κ1) is 25.1. The molecule has 0 saturated carbocycles. The minimum atomic E-state index is -0.485. The molecule has 0 bridgehead atoms. The number of methoxy groups -OCH3 is 1. The van der Waals surface area contributed by atoms with E-state index < -0.39 is 12.0 Å². The van der Waals surface area contributed by atoms with Crippen molar-refractivity contribution in [3.05, 3.63) is 111 Å². The van der Waals surface area contributed by atoms with Crippen LogP contribution in [0.25, 0.3) is 0 Å². The fourth-order valence-corrected chi connectivity index (χ4v) is 5.37. The molecule has 37 heavy (non-hydrogen) atoms. The van der Waals surface area contributed by atoms with Gasteiger partial charge in [-0.3, -0.25) is 0 Å². The number of carbonyl (C=O) groups excluding carboxylic acids is 1. The second-order valence-corrected chi connectivity index (χ2v) is 10.3. The molecule has 0 saturated heterocycles. The number of thioether (sulfide) groups is 1. The number of aromatic nitrogens is 3. The fraction of sp³-hybridized carbons (Fsp3) is 0.179. The van der Waals surface area contributed by atoms with E-state index in [0.717, 1.165) is 27.1 Å². The Balaban J connectivity index is 1.40. The summed E-state index contributed by atoms with van der Waals surface area (Å²) in [6, 6.07) is 25.4. The highest BCUT2D eigenvalue weighted by Gasteiger charge is 2.35. The molecule has 9 heteroatoms. The summed E-state index contributed by atoms with van der Waals surface area (Å²) in [5.74, 6) is 1.65. The van der Waals surface area contributed by atoms with Crippen molar-refractivity contribution in [3.8, 4) is 5.75 Å². The van der Waals surface area contributed by atoms with E-state index in [1.807, 2.05) is 73.7 Å². The molecule has 0 radical (unpaired) electrons. The number of nitrogens with one attached hydrogen (secondary N) is 1. The molecule has 4 aromatic rings. The predicted octanol–water partition coefficient (Wildman–Crippen LogP) is 6.37. The monoisotopic (exact) mass is 576 g/mol. The third-order valence-electron chi connectivity index (χ3n) is 5.94. The second-order valence-electron chi connectivity index (χ2n) is 8.48. The maximum absolute atomic E-state index is 12.8. The first-order chi connectivity index (χ1) is 18.0. The molecular weight excluding hydrogens is 552 g/mol. The molecule has 0 spiro atoms. The van der Waals surface area contributed by atoms with Gasteiger partial charge in [-0.1, -0.05) is 82.3 Å². The minimum absolute atomic E-state index is 0.412. The van der Waals surface area contributed by atoms with E-state index in [-0.39, 0.29) is 0 Å². The van der Waals surface area contributed by atoms with Crippen molar-refractivity contribution < 1.29 is 14.3 Å². The largest absolute Gasteiger partial charge is 0.489 e. The number of hydrogen-bond acceptors (Lipinski definition) is 7. The molecule has 1 N–H and O–H groups in total. The van der Waals surface area contributed by atoms with Crippen LogP contribution in [0.15, 0.2) is 99.8 Å². The Kier molecular flexibility index (Phi) is 7.62. The van der Waals surface area contributed by atoms with Gasteiger partial charge in [0.15, 0.2) is 0 Å². The van der Waals surface area contributed by atoms with Gasteiger partial charge in [0.1, 0.15) is 18.4 Å². The Hall–Kier alpha value is -3.56. The van der Waals surface area contributed by atoms with Crippen LogP contribution in [0.4, 0.5) is 5.95 Å². The van der Waals surface area contributed by atoms with E-state index in [1.165, 1.54) is 12.7 Å². The Labute approximate surface area is 228 Å². The van der Waals surface area contributed by atoms with Gasteiger partial charge in [-0.25, -0.2) is 9.48 Å². The Morgan fingerprint density at radius 1 is 1.05 bits per heavy atom. The summed E-state index contributed by atoms with van der Waals surface area (Å²) in [7, 11) is 1.39. The van der Waals surface area contributed by atoms with E-state index in [9.17, 15) is 4.79 Å². The van der Waals surface area contributed by atoms with Crippen LogP contribution in [-0.4, -0.2) is 27.8 Å². The number of anilines is 1. The molecule has 2 heterocycles. The Morgan fingerprint density at radius 2 is 1.81 bits per heavy atom. The lowest BCUT2D eigenvalue weighted by Gasteiger charge is -2.27. The van der Waals surface area contributed by atoms with Crippen LogP contribution in [0.5, 0.6) is 5.75 Å². The summed E-state index contributed by atoms with van der Waals surface area (Å²) in [5, 5.41) is 8.61. The first-order valence-electron chi connectivity index (χ1n) is 11.7. The van der Waals surface area contributed by atoms with Gasteiger partial charge in [-0.2, -0.15) is 4.98 Å². The van der Waals surface area contributed by atoms with E-state index in [0.29, 0.717) is 29.0 Å². The van der Waals surface area contributed by atoms with Crippen molar-refractivity contribution in [2.45, 2.75) is 30.5 Å². The van der Waals surface area contributed by atoms with Gasteiger partial charge in [-0.15, -0.1) is 5.10 Å². The summed E-state index contributed by atoms with van der Waals surface area (Å²) >= 11 is 5.04. The normalized spacial score (nSPS) is 14.6. The van der Waals surface area contributed by atoms with Gasteiger partial charge in [0.2, 0.25) is 11.1 Å². The number of rotatable bonds is 8. The molecule has 188 valence electrons. The quantitative estimate of drug-likeness (QED) is 0.193. The number of allylic oxidation sites excluding steroid dienone is 1. The van der Waals surface area contributed by atoms with Crippen LogP contribution in [0.1, 0.15) is 29.7 Å². The summed E-state index contributed by atoms with van der Waals surface area (Å²) < 4.78 is 13.9. The lowest BCUT2D eigenvalue weighted by Crippen LogP contribution is -2.29. The van der Waals surface area contributed by atoms with Crippen molar-refractivity contribution in [2.75, 3.05) is 12.4 Å². The molecule has 0 amide bonds. The summed E-state index contributed by atoms with van der Waals surface area (Å²) in [4.78, 5) is 17.5. The summed E-state index contributed by atoms with van der Waals surface area (Å²) in [5.41, 5.74) is 4.30. The number of benzene rings is 3. The maximum atomic E-state index is 12.8. The van der Waals surface area contributed by atoms with Crippen molar-refractivity contribution in [3.63, 3.8) is 0 Å². The summed E-state index contributed by atoms with van der Waals surface area (Å²) in [6.07, 6.45) is 0. The van der Waals surface area contributed by atoms with E-state index in [2.05, 4.69) is 38.4 Å². The summed E-state index contributed by atoms with van der Waals surface area (Å²) in [6.45, 7) is 2.30. The van der Waals surface area contributed by atoms with Crippen LogP contribution in [-0.2, 0) is 21.9 Å². The number of esters is 1. The molecular formula is C28H25BrN4O3S. The van der Waals surface area contributed by atoms with Gasteiger partial charge in [0, 0.05) is 15.9 Å². The highest BCUT2D eigenvalue weighted by Crippen LogP contribution is 2.37. The number of halogens is 1. The van der Waals surface area contributed by atoms with Gasteiger partial charge < -0.3 is 14.8 Å². The Bertz CT molecular complexity index is 1440. The number of fused-ring (bicyclic) bond motifs is 1. The van der Waals surface area contributed by atoms with Crippen LogP contribution < -0.4 is 10.1 Å². The minimum Gasteiger partial charge on any atom is -0.489 e. The third-order valence-corrected chi connectivity index (χ3v) is 7.34. The van der Waals surface area contributed by atoms with Gasteiger partial charge in [0.25, 0.3) is 0 Å². The predicted molar refractivity (Wildman–Crippen MR) is 147 cm³/mol. The highest BCUT2D eigenvalue weighted by molar-refractivity contribution is 9.10. The van der Waals surface area contributed by atoms with Crippen molar-refractivity contribution >= 4 is 39.6 Å². The average molecular weight is 578 g/mol. The molecule has 1 unspecified atom stereocenters. The zero-order valence-electron chi connectivity index (χ0n) is 20.3. The Morgan fingerprint density at radius 3 is 2.54 bits per heavy atom. The van der Waals surface area contributed by atoms with Crippen LogP contribution in [0.3, 0.4) is 0 Å². The number of hydrogen-bond donors (Lipinski definition) is 1. The molecule has 7 nitrogen and oxygen atoms in total. The topological polar surface area (TPSA) is 78.3 Å². The van der Waals surface area contributed by atoms with Crippen LogP contribution >= 0.6 is 27.7 Å². The van der Waals surface area contributed by atoms with Crippen molar-refractivity contribution in [1.29, 1.82) is 0 Å². The van der Waals surface area contributed by atoms with Crippen molar-refractivity contribution in [1.82, 2.24) is 14.8 Å². The average Bonchev–Trinajstić information content (AvgIpc) is 3.33. The maximum Gasteiger partial charge on any atom is 0.338 e.